The molecule has 1 aliphatic rings. The molecule has 2 rings (SSSR count). The van der Waals surface area contributed by atoms with Gasteiger partial charge in [0.2, 0.25) is 0 Å². The van der Waals surface area contributed by atoms with E-state index in [0.29, 0.717) is 4.47 Å². The van der Waals surface area contributed by atoms with Crippen LogP contribution in [0.1, 0.15) is 36.4 Å². The Labute approximate surface area is 110 Å². The molecule has 17 heavy (non-hydrogen) atoms. The van der Waals surface area contributed by atoms with Gasteiger partial charge in [0, 0.05) is 11.6 Å². The van der Waals surface area contributed by atoms with Crippen LogP contribution in [0.5, 0.6) is 5.75 Å². The van der Waals surface area contributed by atoms with Crippen molar-refractivity contribution in [2.45, 2.75) is 32.2 Å². The van der Waals surface area contributed by atoms with Crippen molar-refractivity contribution in [2.24, 2.45) is 0 Å². The zero-order chi connectivity index (χ0) is 12.4. The summed E-state index contributed by atoms with van der Waals surface area (Å²) in [7, 11) is 1.64. The molecule has 1 aromatic rings. The number of methoxy groups -OCH3 is 1. The molecule has 0 spiro atoms. The smallest absolute Gasteiger partial charge is 0.138 e. The Bertz CT molecular complexity index is 416. The molecule has 1 atom stereocenters. The Morgan fingerprint density at radius 3 is 2.82 bits per heavy atom. The van der Waals surface area contributed by atoms with E-state index in [2.05, 4.69) is 21.2 Å². The highest BCUT2D eigenvalue weighted by Gasteiger charge is 2.24. The first kappa shape index (κ1) is 12.8. The summed E-state index contributed by atoms with van der Waals surface area (Å²) in [5.74, 6) is 0.573. The zero-order valence-corrected chi connectivity index (χ0v) is 11.7. The molecular weight excluding hydrogens is 285 g/mol. The second-order valence-corrected chi connectivity index (χ2v) is 5.23. The second kappa shape index (κ2) is 5.36. The summed E-state index contributed by atoms with van der Waals surface area (Å²) in [6, 6.07) is 1.69. The zero-order valence-electron chi connectivity index (χ0n) is 10.1. The van der Waals surface area contributed by atoms with E-state index < -0.39 is 0 Å². The van der Waals surface area contributed by atoms with Gasteiger partial charge in [-0.25, -0.2) is 4.39 Å². The first-order valence-electron chi connectivity index (χ1n) is 5.91. The van der Waals surface area contributed by atoms with Crippen LogP contribution in [0.2, 0.25) is 0 Å². The van der Waals surface area contributed by atoms with Crippen molar-refractivity contribution in [1.29, 1.82) is 0 Å². The molecule has 4 heteroatoms. The second-order valence-electron chi connectivity index (χ2n) is 4.44. The summed E-state index contributed by atoms with van der Waals surface area (Å²) >= 11 is 3.35. The van der Waals surface area contributed by atoms with Crippen molar-refractivity contribution < 1.29 is 9.13 Å². The van der Waals surface area contributed by atoms with Crippen LogP contribution in [-0.4, -0.2) is 13.7 Å². The maximum Gasteiger partial charge on any atom is 0.138 e. The van der Waals surface area contributed by atoms with Crippen molar-refractivity contribution in [3.05, 3.63) is 27.5 Å². The summed E-state index contributed by atoms with van der Waals surface area (Å²) in [6.07, 6.45) is 3.38. The highest BCUT2D eigenvalue weighted by Crippen LogP contribution is 2.39. The molecule has 94 valence electrons. The highest BCUT2D eigenvalue weighted by atomic mass is 79.9. The van der Waals surface area contributed by atoms with E-state index in [4.69, 9.17) is 4.74 Å². The standard InChI is InChI=1S/C13H17BrFNO/c1-8-7-9(15)12(14)11(13(8)17-2)10-5-3-4-6-16-10/h7,10,16H,3-6H2,1-2H3. The van der Waals surface area contributed by atoms with E-state index in [1.807, 2.05) is 6.92 Å². The quantitative estimate of drug-likeness (QED) is 0.899. The third-order valence-electron chi connectivity index (χ3n) is 3.26. The fourth-order valence-electron chi connectivity index (χ4n) is 2.44. The fourth-order valence-corrected chi connectivity index (χ4v) is 3.01. The summed E-state index contributed by atoms with van der Waals surface area (Å²) in [5, 5.41) is 3.43. The maximum absolute atomic E-state index is 13.8. The van der Waals surface area contributed by atoms with E-state index >= 15 is 0 Å². The van der Waals surface area contributed by atoms with Crippen molar-refractivity contribution in [3.8, 4) is 5.75 Å². The largest absolute Gasteiger partial charge is 0.496 e. The van der Waals surface area contributed by atoms with Gasteiger partial charge in [0.25, 0.3) is 0 Å². The predicted octanol–water partition coefficient (Wildman–Crippen LogP) is 3.72. The third-order valence-corrected chi connectivity index (χ3v) is 4.06. The molecule has 1 aromatic carbocycles. The summed E-state index contributed by atoms with van der Waals surface area (Å²) < 4.78 is 19.7. The van der Waals surface area contributed by atoms with E-state index in [-0.39, 0.29) is 11.9 Å². The van der Waals surface area contributed by atoms with Gasteiger partial charge >= 0.3 is 0 Å². The number of hydrogen-bond donors (Lipinski definition) is 1. The van der Waals surface area contributed by atoms with Crippen LogP contribution in [0.25, 0.3) is 0 Å². The molecule has 1 fully saturated rings. The van der Waals surface area contributed by atoms with Gasteiger partial charge in [-0.2, -0.15) is 0 Å². The molecular formula is C13H17BrFNO. The summed E-state index contributed by atoms with van der Waals surface area (Å²) in [6.45, 7) is 2.86. The van der Waals surface area contributed by atoms with Crippen molar-refractivity contribution >= 4 is 15.9 Å². The highest BCUT2D eigenvalue weighted by molar-refractivity contribution is 9.10. The number of nitrogens with one attached hydrogen (secondary N) is 1. The first-order valence-corrected chi connectivity index (χ1v) is 6.70. The molecule has 0 aliphatic carbocycles. The predicted molar refractivity (Wildman–Crippen MR) is 70.0 cm³/mol. The Morgan fingerprint density at radius 2 is 2.24 bits per heavy atom. The normalized spacial score (nSPS) is 20.4. The van der Waals surface area contributed by atoms with Gasteiger partial charge in [-0.05, 0) is 53.9 Å². The van der Waals surface area contributed by atoms with Gasteiger partial charge in [0.1, 0.15) is 11.6 Å². The minimum Gasteiger partial charge on any atom is -0.496 e. The Morgan fingerprint density at radius 1 is 1.47 bits per heavy atom. The van der Waals surface area contributed by atoms with Crippen molar-refractivity contribution in [2.75, 3.05) is 13.7 Å². The monoisotopic (exact) mass is 301 g/mol. The SMILES string of the molecule is COc1c(C)cc(F)c(Br)c1C1CCCCN1. The van der Waals surface area contributed by atoms with Gasteiger partial charge in [-0.3, -0.25) is 0 Å². The third kappa shape index (κ3) is 2.47. The van der Waals surface area contributed by atoms with Gasteiger partial charge in [0.15, 0.2) is 0 Å². The molecule has 0 aromatic heterocycles. The van der Waals surface area contributed by atoms with Crippen molar-refractivity contribution in [1.82, 2.24) is 5.32 Å². The van der Waals surface area contributed by atoms with Gasteiger partial charge in [-0.15, -0.1) is 0 Å². The molecule has 2 nitrogen and oxygen atoms in total. The minimum atomic E-state index is -0.217. The molecule has 0 radical (unpaired) electrons. The number of benzene rings is 1. The van der Waals surface area contributed by atoms with Crippen LogP contribution in [0.15, 0.2) is 10.5 Å². The Kier molecular flexibility index (Phi) is 4.05. The topological polar surface area (TPSA) is 21.3 Å². The van der Waals surface area contributed by atoms with E-state index in [1.165, 1.54) is 18.9 Å². The fraction of sp³-hybridized carbons (Fsp3) is 0.538. The maximum atomic E-state index is 13.8. The number of hydrogen-bond acceptors (Lipinski definition) is 2. The van der Waals surface area contributed by atoms with Gasteiger partial charge in [0.05, 0.1) is 11.6 Å². The van der Waals surface area contributed by atoms with Crippen LogP contribution in [0.4, 0.5) is 4.39 Å². The Balaban J connectivity index is 2.48. The van der Waals surface area contributed by atoms with Crippen LogP contribution in [0.3, 0.4) is 0 Å². The molecule has 1 saturated heterocycles. The van der Waals surface area contributed by atoms with Crippen LogP contribution < -0.4 is 10.1 Å². The summed E-state index contributed by atoms with van der Waals surface area (Å²) in [5.41, 5.74) is 1.76. The van der Waals surface area contributed by atoms with E-state index in [1.54, 1.807) is 7.11 Å². The molecule has 1 unspecified atom stereocenters. The number of piperidine rings is 1. The lowest BCUT2D eigenvalue weighted by Gasteiger charge is -2.27. The molecule has 0 amide bonds. The van der Waals surface area contributed by atoms with Crippen molar-refractivity contribution in [3.63, 3.8) is 0 Å². The molecule has 0 bridgehead atoms. The van der Waals surface area contributed by atoms with E-state index in [0.717, 1.165) is 29.8 Å². The number of aryl methyl sites for hydroxylation is 1. The lowest BCUT2D eigenvalue weighted by atomic mass is 9.95. The van der Waals surface area contributed by atoms with Crippen LogP contribution in [-0.2, 0) is 0 Å². The molecule has 1 N–H and O–H groups in total. The molecule has 0 saturated carbocycles. The van der Waals surface area contributed by atoms with Crippen LogP contribution in [0, 0.1) is 12.7 Å². The van der Waals surface area contributed by atoms with Gasteiger partial charge in [-0.1, -0.05) is 6.42 Å². The average molecular weight is 302 g/mol. The average Bonchev–Trinajstić information content (AvgIpc) is 2.34. The lowest BCUT2D eigenvalue weighted by Crippen LogP contribution is -2.27. The number of ether oxygens (including phenoxy) is 1. The summed E-state index contributed by atoms with van der Waals surface area (Å²) in [4.78, 5) is 0. The molecule has 1 heterocycles. The minimum absolute atomic E-state index is 0.183. The lowest BCUT2D eigenvalue weighted by molar-refractivity contribution is 0.368. The first-order chi connectivity index (χ1) is 8.15. The van der Waals surface area contributed by atoms with Crippen LogP contribution >= 0.6 is 15.9 Å². The molecule has 1 aliphatic heterocycles. The van der Waals surface area contributed by atoms with Gasteiger partial charge < -0.3 is 10.1 Å². The Hall–Kier alpha value is -0.610. The van der Waals surface area contributed by atoms with E-state index in [9.17, 15) is 4.39 Å². The number of rotatable bonds is 2. The number of halogens is 2.